The molecule has 0 aromatic carbocycles. The van der Waals surface area contributed by atoms with Crippen molar-refractivity contribution in [2.45, 2.75) is 63.9 Å². The molecular formula is C18H31N3O2. The van der Waals surface area contributed by atoms with Gasteiger partial charge in [-0.05, 0) is 26.2 Å². The molecule has 23 heavy (non-hydrogen) atoms. The van der Waals surface area contributed by atoms with Crippen molar-refractivity contribution < 1.29 is 9.47 Å². The molecule has 5 heteroatoms. The monoisotopic (exact) mass is 321 g/mol. The lowest BCUT2D eigenvalue weighted by atomic mass is 9.56. The Kier molecular flexibility index (Phi) is 3.48. The Bertz CT molecular complexity index is 502. The molecular weight excluding hydrogens is 290 g/mol. The highest BCUT2D eigenvalue weighted by Crippen LogP contribution is 2.52. The molecule has 4 aliphatic rings. The van der Waals surface area contributed by atoms with Crippen molar-refractivity contribution >= 4 is 5.96 Å². The van der Waals surface area contributed by atoms with Crippen LogP contribution in [0.1, 0.15) is 40.0 Å². The summed E-state index contributed by atoms with van der Waals surface area (Å²) in [5, 5.41) is 3.72. The van der Waals surface area contributed by atoms with E-state index < -0.39 is 0 Å². The maximum absolute atomic E-state index is 6.09. The second kappa shape index (κ2) is 5.09. The molecule has 1 N–H and O–H groups in total. The van der Waals surface area contributed by atoms with Crippen LogP contribution in [0.4, 0.5) is 0 Å². The number of methoxy groups -OCH3 is 1. The number of ether oxygens (including phenoxy) is 2. The Morgan fingerprint density at radius 3 is 2.26 bits per heavy atom. The third-order valence-corrected chi connectivity index (χ3v) is 7.55. The molecule has 0 radical (unpaired) electrons. The van der Waals surface area contributed by atoms with Crippen LogP contribution in [-0.4, -0.2) is 62.0 Å². The molecule has 4 rings (SSSR count). The van der Waals surface area contributed by atoms with E-state index >= 15 is 0 Å². The van der Waals surface area contributed by atoms with Crippen molar-refractivity contribution in [3.8, 4) is 0 Å². The van der Waals surface area contributed by atoms with Crippen LogP contribution in [-0.2, 0) is 9.47 Å². The lowest BCUT2D eigenvalue weighted by Crippen LogP contribution is -2.69. The molecule has 0 spiro atoms. The SMILES string of the molecule is CN=C(NC1CC(C)(OC)C1(C)C)N1CC2C3CCC(O3)C2C1. The van der Waals surface area contributed by atoms with Gasteiger partial charge in [0.1, 0.15) is 0 Å². The minimum Gasteiger partial charge on any atom is -0.378 e. The van der Waals surface area contributed by atoms with Crippen molar-refractivity contribution in [1.82, 2.24) is 10.2 Å². The van der Waals surface area contributed by atoms with Gasteiger partial charge < -0.3 is 19.7 Å². The average Bonchev–Trinajstić information content (AvgIpc) is 3.22. The maximum atomic E-state index is 6.09. The fourth-order valence-corrected chi connectivity index (χ4v) is 5.31. The number of likely N-dealkylation sites (tertiary alicyclic amines) is 1. The van der Waals surface area contributed by atoms with Gasteiger partial charge in [-0.2, -0.15) is 0 Å². The van der Waals surface area contributed by atoms with E-state index in [1.165, 1.54) is 12.8 Å². The van der Waals surface area contributed by atoms with E-state index in [4.69, 9.17) is 9.47 Å². The Labute approximate surface area is 139 Å². The van der Waals surface area contributed by atoms with Crippen LogP contribution in [0, 0.1) is 17.3 Å². The summed E-state index contributed by atoms with van der Waals surface area (Å²) < 4.78 is 11.8. The largest absolute Gasteiger partial charge is 0.378 e. The third kappa shape index (κ3) is 2.08. The smallest absolute Gasteiger partial charge is 0.193 e. The van der Waals surface area contributed by atoms with Crippen molar-refractivity contribution in [3.05, 3.63) is 0 Å². The van der Waals surface area contributed by atoms with E-state index in [0.717, 1.165) is 25.5 Å². The molecule has 2 bridgehead atoms. The predicted molar refractivity (Wildman–Crippen MR) is 90.5 cm³/mol. The quantitative estimate of drug-likeness (QED) is 0.623. The third-order valence-electron chi connectivity index (χ3n) is 7.55. The molecule has 5 nitrogen and oxygen atoms in total. The number of rotatable bonds is 2. The van der Waals surface area contributed by atoms with Crippen molar-refractivity contribution in [2.75, 3.05) is 27.2 Å². The first-order chi connectivity index (χ1) is 10.9. The highest BCUT2D eigenvalue weighted by Gasteiger charge is 2.59. The van der Waals surface area contributed by atoms with Gasteiger partial charge in [0.05, 0.1) is 17.8 Å². The summed E-state index contributed by atoms with van der Waals surface area (Å²) >= 11 is 0. The number of aliphatic imine (C=N–C) groups is 1. The predicted octanol–water partition coefficient (Wildman–Crippen LogP) is 1.87. The fraction of sp³-hybridized carbons (Fsp3) is 0.944. The van der Waals surface area contributed by atoms with E-state index in [9.17, 15) is 0 Å². The number of hydrogen-bond acceptors (Lipinski definition) is 3. The van der Waals surface area contributed by atoms with Crippen LogP contribution < -0.4 is 5.32 Å². The first-order valence-corrected chi connectivity index (χ1v) is 9.08. The zero-order valence-corrected chi connectivity index (χ0v) is 15.1. The van der Waals surface area contributed by atoms with Crippen LogP contribution >= 0.6 is 0 Å². The van der Waals surface area contributed by atoms with Gasteiger partial charge in [0.2, 0.25) is 0 Å². The highest BCUT2D eigenvalue weighted by atomic mass is 16.5. The van der Waals surface area contributed by atoms with Crippen LogP contribution in [0.25, 0.3) is 0 Å². The van der Waals surface area contributed by atoms with Gasteiger partial charge in [-0.15, -0.1) is 0 Å². The van der Waals surface area contributed by atoms with E-state index in [0.29, 0.717) is 30.1 Å². The molecule has 4 fully saturated rings. The summed E-state index contributed by atoms with van der Waals surface area (Å²) in [4.78, 5) is 7.04. The van der Waals surface area contributed by atoms with Crippen molar-refractivity contribution in [1.29, 1.82) is 0 Å². The average molecular weight is 321 g/mol. The molecule has 0 aromatic rings. The molecule has 3 saturated heterocycles. The molecule has 6 unspecified atom stereocenters. The number of hydrogen-bond donors (Lipinski definition) is 1. The number of nitrogens with zero attached hydrogens (tertiary/aromatic N) is 2. The van der Waals surface area contributed by atoms with Crippen LogP contribution in [0.5, 0.6) is 0 Å². The Balaban J connectivity index is 1.42. The molecule has 1 saturated carbocycles. The Morgan fingerprint density at radius 2 is 1.78 bits per heavy atom. The molecule has 130 valence electrons. The maximum Gasteiger partial charge on any atom is 0.193 e. The topological polar surface area (TPSA) is 46.1 Å². The Hall–Kier alpha value is -0.810. The lowest BCUT2D eigenvalue weighted by molar-refractivity contribution is -0.177. The van der Waals surface area contributed by atoms with Gasteiger partial charge in [-0.25, -0.2) is 0 Å². The summed E-state index contributed by atoms with van der Waals surface area (Å²) in [6.45, 7) is 8.99. The van der Waals surface area contributed by atoms with E-state index in [1.807, 2.05) is 14.2 Å². The first kappa shape index (κ1) is 15.7. The number of fused-ring (bicyclic) bond motifs is 5. The van der Waals surface area contributed by atoms with Gasteiger partial charge in [0.15, 0.2) is 5.96 Å². The van der Waals surface area contributed by atoms with Gasteiger partial charge >= 0.3 is 0 Å². The first-order valence-electron chi connectivity index (χ1n) is 9.08. The molecule has 6 atom stereocenters. The molecule has 1 aliphatic carbocycles. The summed E-state index contributed by atoms with van der Waals surface area (Å²) in [7, 11) is 3.73. The molecule has 0 aromatic heterocycles. The number of nitrogens with one attached hydrogen (secondary N) is 1. The highest BCUT2D eigenvalue weighted by molar-refractivity contribution is 5.81. The Morgan fingerprint density at radius 1 is 1.17 bits per heavy atom. The second-order valence-electron chi connectivity index (χ2n) is 8.63. The fourth-order valence-electron chi connectivity index (χ4n) is 5.31. The second-order valence-corrected chi connectivity index (χ2v) is 8.63. The summed E-state index contributed by atoms with van der Waals surface area (Å²) in [5.41, 5.74) is 0.0629. The summed E-state index contributed by atoms with van der Waals surface area (Å²) in [6.07, 6.45) is 4.56. The van der Waals surface area contributed by atoms with E-state index in [1.54, 1.807) is 0 Å². The summed E-state index contributed by atoms with van der Waals surface area (Å²) in [5.74, 6) is 2.49. The van der Waals surface area contributed by atoms with Crippen molar-refractivity contribution in [3.63, 3.8) is 0 Å². The van der Waals surface area contributed by atoms with Crippen LogP contribution in [0.3, 0.4) is 0 Å². The minimum absolute atomic E-state index is 0.0437. The van der Waals surface area contributed by atoms with Gasteiger partial charge in [0.25, 0.3) is 0 Å². The van der Waals surface area contributed by atoms with E-state index in [-0.39, 0.29) is 11.0 Å². The molecule has 3 aliphatic heterocycles. The standard InChI is InChI=1S/C18H31N3O2/c1-17(2)15(8-18(17,3)22-5)20-16(19-4)21-9-11-12(10-21)14-7-6-13(11)23-14/h11-15H,6-10H2,1-5H3,(H,19,20). The van der Waals surface area contributed by atoms with E-state index in [2.05, 4.69) is 36.0 Å². The molecule has 0 amide bonds. The van der Waals surface area contributed by atoms with Crippen LogP contribution in [0.15, 0.2) is 4.99 Å². The lowest BCUT2D eigenvalue weighted by Gasteiger charge is -2.59. The minimum atomic E-state index is -0.0437. The zero-order valence-electron chi connectivity index (χ0n) is 15.1. The summed E-state index contributed by atoms with van der Waals surface area (Å²) in [6, 6.07) is 0.416. The molecule has 3 heterocycles. The zero-order chi connectivity index (χ0) is 16.4. The van der Waals surface area contributed by atoms with Gasteiger partial charge in [0, 0.05) is 50.5 Å². The normalized spacial score (nSPS) is 47.6. The van der Waals surface area contributed by atoms with Crippen LogP contribution in [0.2, 0.25) is 0 Å². The van der Waals surface area contributed by atoms with Crippen molar-refractivity contribution in [2.24, 2.45) is 22.2 Å². The van der Waals surface area contributed by atoms with Gasteiger partial charge in [-0.1, -0.05) is 13.8 Å². The van der Waals surface area contributed by atoms with Gasteiger partial charge in [-0.3, -0.25) is 4.99 Å². The number of guanidine groups is 1.